The van der Waals surface area contributed by atoms with Crippen LogP contribution in [0.25, 0.3) is 0 Å². The summed E-state index contributed by atoms with van der Waals surface area (Å²) in [6.07, 6.45) is 0.522. The molecule has 2 N–H and O–H groups in total. The van der Waals surface area contributed by atoms with Gasteiger partial charge in [0.05, 0.1) is 17.5 Å². The summed E-state index contributed by atoms with van der Waals surface area (Å²) >= 11 is 1.47. The highest BCUT2D eigenvalue weighted by molar-refractivity contribution is 8.00. The third-order valence-electron chi connectivity index (χ3n) is 2.81. The second-order valence-electron chi connectivity index (χ2n) is 5.04. The first-order chi connectivity index (χ1) is 8.90. The minimum Gasteiger partial charge on any atom is -0.481 e. The van der Waals surface area contributed by atoms with Gasteiger partial charge in [-0.3, -0.25) is 14.4 Å². The highest BCUT2D eigenvalue weighted by Gasteiger charge is 2.24. The molecule has 0 aromatic carbocycles. The fourth-order valence-electron chi connectivity index (χ4n) is 1.85. The van der Waals surface area contributed by atoms with E-state index < -0.39 is 11.9 Å². The third-order valence-corrected chi connectivity index (χ3v) is 3.76. The van der Waals surface area contributed by atoms with E-state index in [9.17, 15) is 14.4 Å². The summed E-state index contributed by atoms with van der Waals surface area (Å²) in [5, 5.41) is 11.6. The van der Waals surface area contributed by atoms with Crippen LogP contribution in [-0.4, -0.2) is 52.5 Å². The molecule has 1 unspecified atom stereocenters. The van der Waals surface area contributed by atoms with E-state index in [0.717, 1.165) is 0 Å². The van der Waals surface area contributed by atoms with Crippen LogP contribution in [0, 0.1) is 11.8 Å². The van der Waals surface area contributed by atoms with Gasteiger partial charge in [0, 0.05) is 6.54 Å². The number of carboxylic acid groups (broad SMARTS) is 1. The van der Waals surface area contributed by atoms with Crippen molar-refractivity contribution in [1.29, 1.82) is 0 Å². The Morgan fingerprint density at radius 3 is 2.63 bits per heavy atom. The Labute approximate surface area is 116 Å². The van der Waals surface area contributed by atoms with Crippen LogP contribution in [0.1, 0.15) is 20.3 Å². The van der Waals surface area contributed by atoms with E-state index in [-0.39, 0.29) is 30.8 Å². The number of hydrogen-bond acceptors (Lipinski definition) is 4. The summed E-state index contributed by atoms with van der Waals surface area (Å²) < 4.78 is 0. The van der Waals surface area contributed by atoms with Crippen molar-refractivity contribution in [1.82, 2.24) is 10.2 Å². The Morgan fingerprint density at radius 2 is 2.16 bits per heavy atom. The number of carboxylic acids is 1. The van der Waals surface area contributed by atoms with Gasteiger partial charge in [-0.15, -0.1) is 11.8 Å². The molecule has 1 aliphatic rings. The van der Waals surface area contributed by atoms with Gasteiger partial charge in [0.25, 0.3) is 0 Å². The molecule has 1 atom stereocenters. The molecular formula is C12H20N2O4S. The molecule has 0 saturated carbocycles. The van der Waals surface area contributed by atoms with Crippen LogP contribution in [-0.2, 0) is 14.4 Å². The maximum atomic E-state index is 11.7. The number of nitrogens with one attached hydrogen (secondary N) is 1. The summed E-state index contributed by atoms with van der Waals surface area (Å²) in [6, 6.07) is 0. The van der Waals surface area contributed by atoms with Gasteiger partial charge in [-0.1, -0.05) is 13.8 Å². The maximum Gasteiger partial charge on any atom is 0.308 e. The highest BCUT2D eigenvalue weighted by Crippen LogP contribution is 2.14. The molecule has 0 radical (unpaired) electrons. The first-order valence-electron chi connectivity index (χ1n) is 6.25. The van der Waals surface area contributed by atoms with Gasteiger partial charge >= 0.3 is 5.97 Å². The summed E-state index contributed by atoms with van der Waals surface area (Å²) in [4.78, 5) is 35.5. The van der Waals surface area contributed by atoms with Crippen LogP contribution in [0.15, 0.2) is 0 Å². The number of aliphatic carboxylic acids is 1. The fourth-order valence-corrected chi connectivity index (χ4v) is 2.75. The zero-order valence-electron chi connectivity index (χ0n) is 11.2. The lowest BCUT2D eigenvalue weighted by molar-refractivity contribution is -0.142. The summed E-state index contributed by atoms with van der Waals surface area (Å²) in [5.41, 5.74) is 0. The van der Waals surface area contributed by atoms with Crippen LogP contribution >= 0.6 is 11.8 Å². The predicted molar refractivity (Wildman–Crippen MR) is 72.6 cm³/mol. The van der Waals surface area contributed by atoms with Crippen molar-refractivity contribution < 1.29 is 19.5 Å². The van der Waals surface area contributed by atoms with Gasteiger partial charge in [-0.25, -0.2) is 0 Å². The fraction of sp³-hybridized carbons (Fsp3) is 0.750. The van der Waals surface area contributed by atoms with E-state index in [1.165, 1.54) is 16.7 Å². The van der Waals surface area contributed by atoms with E-state index in [4.69, 9.17) is 5.11 Å². The van der Waals surface area contributed by atoms with Crippen LogP contribution in [0.2, 0.25) is 0 Å². The largest absolute Gasteiger partial charge is 0.481 e. The average molecular weight is 288 g/mol. The van der Waals surface area contributed by atoms with Gasteiger partial charge < -0.3 is 15.3 Å². The van der Waals surface area contributed by atoms with Gasteiger partial charge in [0.15, 0.2) is 0 Å². The molecule has 1 aliphatic heterocycles. The van der Waals surface area contributed by atoms with Crippen molar-refractivity contribution in [3.8, 4) is 0 Å². The van der Waals surface area contributed by atoms with Crippen molar-refractivity contribution in [2.24, 2.45) is 11.8 Å². The Hall–Kier alpha value is -1.24. The number of hydrogen-bond donors (Lipinski definition) is 2. The lowest BCUT2D eigenvalue weighted by Gasteiger charge is -2.17. The molecule has 6 nitrogen and oxygen atoms in total. The predicted octanol–water partition coefficient (Wildman–Crippen LogP) is 0.382. The molecule has 0 bridgehead atoms. The SMILES string of the molecule is CC(C)CC(CNC(=O)CN1CSCC1=O)C(=O)O. The molecule has 108 valence electrons. The van der Waals surface area contributed by atoms with Crippen molar-refractivity contribution >= 4 is 29.5 Å². The van der Waals surface area contributed by atoms with Crippen LogP contribution in [0.3, 0.4) is 0 Å². The van der Waals surface area contributed by atoms with Gasteiger partial charge in [0.2, 0.25) is 11.8 Å². The Balaban J connectivity index is 2.35. The van der Waals surface area contributed by atoms with Crippen molar-refractivity contribution in [3.05, 3.63) is 0 Å². The normalized spacial score (nSPS) is 16.8. The van der Waals surface area contributed by atoms with E-state index in [0.29, 0.717) is 18.1 Å². The molecule has 1 heterocycles. The number of amides is 2. The smallest absolute Gasteiger partial charge is 0.308 e. The number of rotatable bonds is 7. The maximum absolute atomic E-state index is 11.7. The topological polar surface area (TPSA) is 86.7 Å². The van der Waals surface area contributed by atoms with Crippen molar-refractivity contribution in [2.45, 2.75) is 20.3 Å². The molecular weight excluding hydrogens is 268 g/mol. The van der Waals surface area contributed by atoms with E-state index >= 15 is 0 Å². The molecule has 0 aliphatic carbocycles. The second-order valence-corrected chi connectivity index (χ2v) is 5.99. The number of carbonyl (C=O) groups excluding carboxylic acids is 2. The Kier molecular flexibility index (Phi) is 6.14. The summed E-state index contributed by atoms with van der Waals surface area (Å²) in [6.45, 7) is 4.01. The van der Waals surface area contributed by atoms with Gasteiger partial charge in [-0.05, 0) is 12.3 Å². The molecule has 19 heavy (non-hydrogen) atoms. The van der Waals surface area contributed by atoms with Crippen LogP contribution in [0.5, 0.6) is 0 Å². The molecule has 0 aromatic heterocycles. The quantitative estimate of drug-likeness (QED) is 0.707. The van der Waals surface area contributed by atoms with E-state index in [1.54, 1.807) is 0 Å². The first-order valence-corrected chi connectivity index (χ1v) is 7.40. The third kappa shape index (κ3) is 5.50. The molecule has 2 amide bonds. The minimum atomic E-state index is -0.901. The highest BCUT2D eigenvalue weighted by atomic mass is 32.2. The second kappa shape index (κ2) is 7.37. The number of nitrogens with zero attached hydrogens (tertiary/aromatic N) is 1. The molecule has 1 rings (SSSR count). The zero-order chi connectivity index (χ0) is 14.4. The van der Waals surface area contributed by atoms with E-state index in [2.05, 4.69) is 5.32 Å². The molecule has 7 heteroatoms. The monoisotopic (exact) mass is 288 g/mol. The molecule has 0 spiro atoms. The minimum absolute atomic E-state index is 0.0137. The standard InChI is InChI=1S/C12H20N2O4S/c1-8(2)3-9(12(17)18)4-13-10(15)5-14-7-19-6-11(14)16/h8-9H,3-7H2,1-2H3,(H,13,15)(H,17,18). The lowest BCUT2D eigenvalue weighted by atomic mass is 9.97. The number of thioether (sulfide) groups is 1. The average Bonchev–Trinajstić information content (AvgIpc) is 2.69. The molecule has 1 saturated heterocycles. The summed E-state index contributed by atoms with van der Waals surface area (Å²) in [5.74, 6) is -0.620. The molecule has 0 aromatic rings. The zero-order valence-corrected chi connectivity index (χ0v) is 12.0. The van der Waals surface area contributed by atoms with Gasteiger partial charge in [0.1, 0.15) is 6.54 Å². The van der Waals surface area contributed by atoms with Crippen molar-refractivity contribution in [3.63, 3.8) is 0 Å². The first kappa shape index (κ1) is 15.8. The Morgan fingerprint density at radius 1 is 1.47 bits per heavy atom. The van der Waals surface area contributed by atoms with Gasteiger partial charge in [-0.2, -0.15) is 0 Å². The number of carbonyl (C=O) groups is 3. The van der Waals surface area contributed by atoms with Crippen LogP contribution < -0.4 is 5.32 Å². The van der Waals surface area contributed by atoms with Crippen molar-refractivity contribution in [2.75, 3.05) is 24.7 Å². The summed E-state index contributed by atoms with van der Waals surface area (Å²) in [7, 11) is 0. The Bertz CT molecular complexity index is 360. The van der Waals surface area contributed by atoms with Crippen LogP contribution in [0.4, 0.5) is 0 Å². The van der Waals surface area contributed by atoms with E-state index in [1.807, 2.05) is 13.8 Å². The lowest BCUT2D eigenvalue weighted by Crippen LogP contribution is -2.41. The molecule has 1 fully saturated rings.